The molecule has 2 N–H and O–H groups in total. The van der Waals surface area contributed by atoms with E-state index in [1.54, 1.807) is 17.2 Å². The normalized spacial score (nSPS) is 10.9. The smallest absolute Gasteiger partial charge is 0.404 e. The first-order valence-electron chi connectivity index (χ1n) is 7.13. The number of nitrogens with zero attached hydrogens (tertiary/aromatic N) is 3. The third kappa shape index (κ3) is 5.83. The van der Waals surface area contributed by atoms with E-state index in [9.17, 15) is 18.0 Å². The van der Waals surface area contributed by atoms with Gasteiger partial charge in [-0.25, -0.2) is 14.8 Å². The van der Waals surface area contributed by atoms with Crippen LogP contribution in [-0.4, -0.2) is 36.5 Å². The van der Waals surface area contributed by atoms with Crippen LogP contribution < -0.4 is 20.3 Å². The number of carbonyl (C=O) groups is 1. The van der Waals surface area contributed by atoms with Crippen molar-refractivity contribution in [3.05, 3.63) is 42.4 Å². The van der Waals surface area contributed by atoms with Gasteiger partial charge in [0.25, 0.3) is 0 Å². The molecule has 2 amide bonds. The lowest BCUT2D eigenvalue weighted by Crippen LogP contribution is -2.29. The number of rotatable bonds is 5. The molecule has 0 saturated heterocycles. The number of ether oxygens (including phenoxy) is 1. The summed E-state index contributed by atoms with van der Waals surface area (Å²) < 4.78 is 40.9. The Balaban J connectivity index is 1.98. The van der Waals surface area contributed by atoms with Gasteiger partial charge in [-0.2, -0.15) is 0 Å². The number of hydrogen-bond donors (Lipinski definition) is 2. The lowest BCUT2D eigenvalue weighted by Gasteiger charge is -2.14. The second-order valence-electron chi connectivity index (χ2n) is 5.08. The number of para-hydroxylation sites is 2. The number of halogens is 3. The highest BCUT2D eigenvalue weighted by atomic mass is 19.4. The third-order valence-corrected chi connectivity index (χ3v) is 2.92. The highest BCUT2D eigenvalue weighted by Gasteiger charge is 2.32. The van der Waals surface area contributed by atoms with E-state index < -0.39 is 18.1 Å². The maximum Gasteiger partial charge on any atom is 0.573 e. The molecule has 0 aliphatic rings. The van der Waals surface area contributed by atoms with Gasteiger partial charge >= 0.3 is 12.4 Å². The van der Waals surface area contributed by atoms with Crippen LogP contribution in [0.2, 0.25) is 0 Å². The van der Waals surface area contributed by atoms with Crippen molar-refractivity contribution in [2.75, 3.05) is 24.3 Å². The fourth-order valence-corrected chi connectivity index (χ4v) is 1.83. The molecular formula is C15H16F3N5O2. The average Bonchev–Trinajstić information content (AvgIpc) is 2.54. The molecule has 0 unspecified atom stereocenters. The monoisotopic (exact) mass is 355 g/mol. The minimum atomic E-state index is -4.85. The maximum absolute atomic E-state index is 12.4. The fourth-order valence-electron chi connectivity index (χ4n) is 1.83. The summed E-state index contributed by atoms with van der Waals surface area (Å²) in [5.41, 5.74) is -0.111. The summed E-state index contributed by atoms with van der Waals surface area (Å²) in [4.78, 5) is 21.9. The summed E-state index contributed by atoms with van der Waals surface area (Å²) in [6.45, 7) is 0.00973. The maximum atomic E-state index is 12.4. The van der Waals surface area contributed by atoms with Crippen molar-refractivity contribution < 1.29 is 22.7 Å². The number of amides is 2. The molecule has 0 radical (unpaired) electrons. The molecule has 1 heterocycles. The molecule has 134 valence electrons. The van der Waals surface area contributed by atoms with Gasteiger partial charge in [-0.1, -0.05) is 12.1 Å². The van der Waals surface area contributed by atoms with Crippen molar-refractivity contribution in [1.29, 1.82) is 0 Å². The lowest BCUT2D eigenvalue weighted by molar-refractivity contribution is -0.274. The van der Waals surface area contributed by atoms with Crippen LogP contribution >= 0.6 is 0 Å². The van der Waals surface area contributed by atoms with Crippen molar-refractivity contribution in [1.82, 2.24) is 15.3 Å². The van der Waals surface area contributed by atoms with E-state index in [0.29, 0.717) is 11.6 Å². The van der Waals surface area contributed by atoms with E-state index in [1.165, 1.54) is 18.2 Å². The molecule has 1 aromatic carbocycles. The molecular weight excluding hydrogens is 339 g/mol. The van der Waals surface area contributed by atoms with E-state index in [-0.39, 0.29) is 12.2 Å². The standard InChI is InChI=1S/C15H16F3N5O2/c1-23(2)13-7-8-19-12(22-13)9-20-14(24)21-10-5-3-4-6-11(10)25-15(16,17)18/h3-8H,9H2,1-2H3,(H2,20,21,24). The first kappa shape index (κ1) is 18.3. The summed E-state index contributed by atoms with van der Waals surface area (Å²) in [7, 11) is 3.62. The molecule has 0 spiro atoms. The molecule has 0 atom stereocenters. The third-order valence-electron chi connectivity index (χ3n) is 2.92. The minimum absolute atomic E-state index is 0.00973. The van der Waals surface area contributed by atoms with E-state index in [1.807, 2.05) is 14.1 Å². The van der Waals surface area contributed by atoms with Crippen LogP contribution in [0.3, 0.4) is 0 Å². The van der Waals surface area contributed by atoms with Crippen LogP contribution in [0.5, 0.6) is 5.75 Å². The lowest BCUT2D eigenvalue weighted by atomic mass is 10.3. The predicted molar refractivity (Wildman–Crippen MR) is 85.3 cm³/mol. The van der Waals surface area contributed by atoms with Crippen LogP contribution in [-0.2, 0) is 6.54 Å². The molecule has 0 aliphatic heterocycles. The van der Waals surface area contributed by atoms with E-state index in [0.717, 1.165) is 6.07 Å². The zero-order valence-corrected chi connectivity index (χ0v) is 13.5. The Morgan fingerprint density at radius 1 is 1.24 bits per heavy atom. The Morgan fingerprint density at radius 3 is 2.64 bits per heavy atom. The van der Waals surface area contributed by atoms with Gasteiger partial charge in [0.05, 0.1) is 12.2 Å². The second kappa shape index (κ2) is 7.69. The van der Waals surface area contributed by atoms with Crippen molar-refractivity contribution in [2.45, 2.75) is 12.9 Å². The Labute approximate surface area is 141 Å². The molecule has 2 aromatic rings. The molecule has 10 heteroatoms. The molecule has 0 fully saturated rings. The van der Waals surface area contributed by atoms with Crippen LogP contribution in [0.25, 0.3) is 0 Å². The zero-order chi connectivity index (χ0) is 18.4. The molecule has 2 rings (SSSR count). The van der Waals surface area contributed by atoms with E-state index >= 15 is 0 Å². The number of alkyl halides is 3. The topological polar surface area (TPSA) is 79.4 Å². The zero-order valence-electron chi connectivity index (χ0n) is 13.5. The predicted octanol–water partition coefficient (Wildman–Crippen LogP) is 2.76. The van der Waals surface area contributed by atoms with Crippen molar-refractivity contribution >= 4 is 17.5 Å². The fraction of sp³-hybridized carbons (Fsp3) is 0.267. The van der Waals surface area contributed by atoms with Gasteiger partial charge in [0.15, 0.2) is 5.75 Å². The largest absolute Gasteiger partial charge is 0.573 e. The Morgan fingerprint density at radius 2 is 1.96 bits per heavy atom. The number of aromatic nitrogens is 2. The first-order chi connectivity index (χ1) is 11.7. The van der Waals surface area contributed by atoms with Gasteiger partial charge in [0.1, 0.15) is 11.6 Å². The molecule has 0 aliphatic carbocycles. The number of hydrogen-bond acceptors (Lipinski definition) is 5. The van der Waals surface area contributed by atoms with Gasteiger partial charge in [0, 0.05) is 20.3 Å². The van der Waals surface area contributed by atoms with Crippen LogP contribution in [0, 0.1) is 0 Å². The second-order valence-corrected chi connectivity index (χ2v) is 5.08. The van der Waals surface area contributed by atoms with Crippen LogP contribution in [0.1, 0.15) is 5.82 Å². The summed E-state index contributed by atoms with van der Waals surface area (Å²) >= 11 is 0. The Bertz CT molecular complexity index is 737. The van der Waals surface area contributed by atoms with Crippen molar-refractivity contribution in [3.8, 4) is 5.75 Å². The average molecular weight is 355 g/mol. The van der Waals surface area contributed by atoms with Crippen molar-refractivity contribution in [2.24, 2.45) is 0 Å². The van der Waals surface area contributed by atoms with Crippen LogP contribution in [0.4, 0.5) is 29.5 Å². The molecule has 7 nitrogen and oxygen atoms in total. The van der Waals surface area contributed by atoms with Gasteiger partial charge in [-0.05, 0) is 18.2 Å². The molecule has 25 heavy (non-hydrogen) atoms. The SMILES string of the molecule is CN(C)c1ccnc(CNC(=O)Nc2ccccc2OC(F)(F)F)n1. The Kier molecular flexibility index (Phi) is 5.63. The van der Waals surface area contributed by atoms with Crippen LogP contribution in [0.15, 0.2) is 36.5 Å². The number of urea groups is 1. The number of carbonyl (C=O) groups excluding carboxylic acids is 1. The Hall–Kier alpha value is -3.04. The van der Waals surface area contributed by atoms with Gasteiger partial charge < -0.3 is 20.3 Å². The van der Waals surface area contributed by atoms with E-state index in [2.05, 4.69) is 25.3 Å². The summed E-state index contributed by atoms with van der Waals surface area (Å²) in [5, 5.41) is 4.77. The molecule has 0 bridgehead atoms. The summed E-state index contributed by atoms with van der Waals surface area (Å²) in [5.74, 6) is 0.522. The summed E-state index contributed by atoms with van der Waals surface area (Å²) in [6.07, 6.45) is -3.31. The quantitative estimate of drug-likeness (QED) is 0.862. The highest BCUT2D eigenvalue weighted by molar-refractivity contribution is 5.90. The highest BCUT2D eigenvalue weighted by Crippen LogP contribution is 2.29. The first-order valence-corrected chi connectivity index (χ1v) is 7.13. The summed E-state index contributed by atoms with van der Waals surface area (Å²) in [6, 6.07) is 6.23. The minimum Gasteiger partial charge on any atom is -0.404 e. The van der Waals surface area contributed by atoms with Gasteiger partial charge in [-0.15, -0.1) is 13.2 Å². The van der Waals surface area contributed by atoms with E-state index in [4.69, 9.17) is 0 Å². The number of nitrogens with one attached hydrogen (secondary N) is 2. The van der Waals surface area contributed by atoms with Crippen molar-refractivity contribution in [3.63, 3.8) is 0 Å². The van der Waals surface area contributed by atoms with Gasteiger partial charge in [0.2, 0.25) is 0 Å². The number of anilines is 2. The molecule has 0 saturated carbocycles. The van der Waals surface area contributed by atoms with Gasteiger partial charge in [-0.3, -0.25) is 0 Å². The number of benzene rings is 1. The molecule has 1 aromatic heterocycles.